The van der Waals surface area contributed by atoms with Crippen molar-refractivity contribution in [2.45, 2.75) is 62.6 Å². The Balaban J connectivity index is 1.53. The van der Waals surface area contributed by atoms with Gasteiger partial charge in [-0.1, -0.05) is 29.8 Å². The number of piperidine rings is 1. The topological polar surface area (TPSA) is 18.5 Å². The van der Waals surface area contributed by atoms with Crippen LogP contribution in [0.4, 0.5) is 26.3 Å². The number of aryl methyl sites for hydroxylation is 1. The lowest BCUT2D eigenvalue weighted by Crippen LogP contribution is -2.56. The zero-order valence-electron chi connectivity index (χ0n) is 20.2. The Bertz CT molecular complexity index is 1020. The molecule has 3 fully saturated rings. The third kappa shape index (κ3) is 5.43. The van der Waals surface area contributed by atoms with Gasteiger partial charge in [-0.15, -0.1) is 0 Å². The number of nitrogens with zero attached hydrogens (tertiary/aromatic N) is 2. The third-order valence-electron chi connectivity index (χ3n) is 7.89. The molecule has 2 aromatic carbocycles. The Kier molecular flexibility index (Phi) is 6.85. The smallest absolute Gasteiger partial charge is 0.309 e. The van der Waals surface area contributed by atoms with Crippen LogP contribution in [0.3, 0.4) is 0 Å². The predicted molar refractivity (Wildman–Crippen MR) is 126 cm³/mol. The summed E-state index contributed by atoms with van der Waals surface area (Å²) in [6.45, 7) is 6.08. The minimum atomic E-state index is -4.87. The van der Waals surface area contributed by atoms with E-state index in [2.05, 4.69) is 15.1 Å². The molecule has 1 aliphatic carbocycles. The molecule has 5 rings (SSSR count). The molecule has 0 radical (unpaired) electrons. The molecule has 3 aliphatic rings. The predicted octanol–water partition coefficient (Wildman–Crippen LogP) is 6.00. The highest BCUT2D eigenvalue weighted by molar-refractivity contribution is 5.39. The average molecular weight is 512 g/mol. The summed E-state index contributed by atoms with van der Waals surface area (Å²) in [5.74, 6) is -0.281. The Hall–Kier alpha value is -2.10. The van der Waals surface area contributed by atoms with Crippen molar-refractivity contribution in [3.05, 3.63) is 70.3 Å². The molecule has 0 amide bonds. The molecule has 1 saturated carbocycles. The van der Waals surface area contributed by atoms with E-state index in [1.807, 2.05) is 31.2 Å². The molecule has 2 aromatic rings. The van der Waals surface area contributed by atoms with Crippen LogP contribution < -0.4 is 5.32 Å². The number of halogens is 6. The molecular formula is C27H31F6N3. The summed E-state index contributed by atoms with van der Waals surface area (Å²) in [6.07, 6.45) is -6.49. The number of hydrogen-bond acceptors (Lipinski definition) is 3. The number of benzene rings is 2. The molecule has 2 saturated heterocycles. The number of rotatable bonds is 4. The maximum Gasteiger partial charge on any atom is 0.416 e. The molecule has 36 heavy (non-hydrogen) atoms. The van der Waals surface area contributed by atoms with Crippen LogP contribution in [-0.2, 0) is 12.4 Å². The molecule has 1 N–H and O–H groups in total. The van der Waals surface area contributed by atoms with E-state index in [0.29, 0.717) is 12.6 Å². The van der Waals surface area contributed by atoms with Crippen molar-refractivity contribution in [2.75, 3.05) is 32.7 Å². The van der Waals surface area contributed by atoms with Gasteiger partial charge in [0.05, 0.1) is 11.1 Å². The van der Waals surface area contributed by atoms with E-state index in [9.17, 15) is 26.3 Å². The van der Waals surface area contributed by atoms with Crippen LogP contribution >= 0.6 is 0 Å². The van der Waals surface area contributed by atoms with Gasteiger partial charge in [-0.25, -0.2) is 0 Å². The van der Waals surface area contributed by atoms with Gasteiger partial charge in [0.2, 0.25) is 0 Å². The van der Waals surface area contributed by atoms with Crippen LogP contribution in [0, 0.1) is 6.92 Å². The summed E-state index contributed by atoms with van der Waals surface area (Å²) in [4.78, 5) is 4.90. The maximum absolute atomic E-state index is 13.6. The van der Waals surface area contributed by atoms with E-state index < -0.39 is 29.5 Å². The molecule has 3 unspecified atom stereocenters. The Morgan fingerprint density at radius 1 is 0.722 bits per heavy atom. The van der Waals surface area contributed by atoms with E-state index in [1.165, 1.54) is 12.8 Å². The van der Waals surface area contributed by atoms with Crippen LogP contribution in [0.15, 0.2) is 42.5 Å². The standard InChI is InChI=1S/C27H31F6N3/c1-17-2-4-18(5-3-17)24-23(36-12-10-35(11-13-36)22-6-7-22)8-9-34-25(24)19-14-20(26(28,29)30)16-21(15-19)27(31,32)33/h2-5,14-16,22-25,34H,6-13H2,1H3. The number of hydrogen-bond donors (Lipinski definition) is 1. The summed E-state index contributed by atoms with van der Waals surface area (Å²) in [7, 11) is 0. The molecular weight excluding hydrogens is 480 g/mol. The van der Waals surface area contributed by atoms with Crippen molar-refractivity contribution in [1.82, 2.24) is 15.1 Å². The summed E-state index contributed by atoms with van der Waals surface area (Å²) >= 11 is 0. The summed E-state index contributed by atoms with van der Waals surface area (Å²) in [5, 5.41) is 3.29. The van der Waals surface area contributed by atoms with Crippen molar-refractivity contribution in [3.63, 3.8) is 0 Å². The lowest BCUT2D eigenvalue weighted by Gasteiger charge is -2.48. The normalized spacial score (nSPS) is 26.8. The number of alkyl halides is 6. The van der Waals surface area contributed by atoms with E-state index >= 15 is 0 Å². The van der Waals surface area contributed by atoms with Crippen molar-refractivity contribution < 1.29 is 26.3 Å². The van der Waals surface area contributed by atoms with E-state index in [1.54, 1.807) is 0 Å². The molecule has 0 bridgehead atoms. The molecule has 3 atom stereocenters. The van der Waals surface area contributed by atoms with Gasteiger partial charge >= 0.3 is 12.4 Å². The fraction of sp³-hybridized carbons (Fsp3) is 0.556. The van der Waals surface area contributed by atoms with Crippen LogP contribution in [0.1, 0.15) is 59.0 Å². The zero-order chi connectivity index (χ0) is 25.7. The first-order valence-corrected chi connectivity index (χ1v) is 12.6. The number of piperazine rings is 1. The first kappa shape index (κ1) is 25.5. The van der Waals surface area contributed by atoms with Crippen LogP contribution in [0.2, 0.25) is 0 Å². The lowest BCUT2D eigenvalue weighted by atomic mass is 9.76. The monoisotopic (exact) mass is 511 g/mol. The largest absolute Gasteiger partial charge is 0.416 e. The highest BCUT2D eigenvalue weighted by atomic mass is 19.4. The second-order valence-electron chi connectivity index (χ2n) is 10.4. The first-order valence-electron chi connectivity index (χ1n) is 12.6. The van der Waals surface area contributed by atoms with E-state index in [-0.39, 0.29) is 23.6 Å². The molecule has 0 aromatic heterocycles. The van der Waals surface area contributed by atoms with Gasteiger partial charge < -0.3 is 5.32 Å². The number of nitrogens with one attached hydrogen (secondary N) is 1. The van der Waals surface area contributed by atoms with E-state index in [4.69, 9.17) is 0 Å². The summed E-state index contributed by atoms with van der Waals surface area (Å²) < 4.78 is 81.8. The summed E-state index contributed by atoms with van der Waals surface area (Å²) in [6, 6.07) is 9.85. The van der Waals surface area contributed by atoms with Gasteiger partial charge in [-0.2, -0.15) is 26.3 Å². The fourth-order valence-corrected chi connectivity index (χ4v) is 5.89. The molecule has 196 valence electrons. The van der Waals surface area contributed by atoms with Gasteiger partial charge in [0.1, 0.15) is 0 Å². The third-order valence-corrected chi connectivity index (χ3v) is 7.89. The lowest BCUT2D eigenvalue weighted by molar-refractivity contribution is -0.143. The average Bonchev–Trinajstić information content (AvgIpc) is 3.69. The highest BCUT2D eigenvalue weighted by Crippen LogP contribution is 2.44. The van der Waals surface area contributed by atoms with Gasteiger partial charge in [0, 0.05) is 50.2 Å². The van der Waals surface area contributed by atoms with E-state index in [0.717, 1.165) is 55.9 Å². The van der Waals surface area contributed by atoms with Crippen molar-refractivity contribution >= 4 is 0 Å². The Morgan fingerprint density at radius 3 is 1.81 bits per heavy atom. The second kappa shape index (κ2) is 9.65. The quantitative estimate of drug-likeness (QED) is 0.508. The minimum absolute atomic E-state index is 0.0178. The molecule has 0 spiro atoms. The maximum atomic E-state index is 13.6. The zero-order valence-corrected chi connectivity index (χ0v) is 20.2. The van der Waals surface area contributed by atoms with Crippen LogP contribution in [0.5, 0.6) is 0 Å². The summed E-state index contributed by atoms with van der Waals surface area (Å²) in [5.41, 5.74) is -0.525. The van der Waals surface area contributed by atoms with Gasteiger partial charge in [-0.05, 0) is 62.1 Å². The van der Waals surface area contributed by atoms with Gasteiger partial charge in [0.15, 0.2) is 0 Å². The SMILES string of the molecule is Cc1ccc(C2C(c3cc(C(F)(F)F)cc(C(F)(F)F)c3)NCCC2N2CCN(C3CC3)CC2)cc1. The molecule has 3 nitrogen and oxygen atoms in total. The van der Waals surface area contributed by atoms with Crippen LogP contribution in [0.25, 0.3) is 0 Å². The van der Waals surface area contributed by atoms with Crippen molar-refractivity contribution in [2.24, 2.45) is 0 Å². The fourth-order valence-electron chi connectivity index (χ4n) is 5.89. The Morgan fingerprint density at radius 2 is 1.28 bits per heavy atom. The molecule has 2 heterocycles. The van der Waals surface area contributed by atoms with Crippen molar-refractivity contribution in [1.29, 1.82) is 0 Å². The second-order valence-corrected chi connectivity index (χ2v) is 10.4. The Labute approximate surface area is 207 Å². The minimum Gasteiger partial charge on any atom is -0.309 e. The molecule has 2 aliphatic heterocycles. The first-order chi connectivity index (χ1) is 17.0. The highest BCUT2D eigenvalue weighted by Gasteiger charge is 2.43. The van der Waals surface area contributed by atoms with Gasteiger partial charge in [-0.3, -0.25) is 9.80 Å². The van der Waals surface area contributed by atoms with Gasteiger partial charge in [0.25, 0.3) is 0 Å². The molecule has 9 heteroatoms. The van der Waals surface area contributed by atoms with Crippen LogP contribution in [-0.4, -0.2) is 54.6 Å². The van der Waals surface area contributed by atoms with Crippen molar-refractivity contribution in [3.8, 4) is 0 Å².